The summed E-state index contributed by atoms with van der Waals surface area (Å²) in [4.78, 5) is 28.0. The molecule has 0 radical (unpaired) electrons. The van der Waals surface area contributed by atoms with E-state index in [9.17, 15) is 9.59 Å². The normalized spacial score (nSPS) is 14.3. The molecule has 3 rings (SSSR count). The molecule has 2 aromatic rings. The molecule has 1 fully saturated rings. The number of aryl methyl sites for hydroxylation is 1. The van der Waals surface area contributed by atoms with Crippen molar-refractivity contribution < 1.29 is 19.2 Å². The molecule has 0 atom stereocenters. The minimum Gasteiger partial charge on any atom is -0.495 e. The molecule has 0 unspecified atom stereocenters. The molecule has 1 aliphatic rings. The zero-order chi connectivity index (χ0) is 21.3. The molecule has 0 aromatic heterocycles. The molecule has 2 amide bonds. The van der Waals surface area contributed by atoms with E-state index in [1.54, 1.807) is 7.11 Å². The van der Waals surface area contributed by atoms with Crippen molar-refractivity contribution in [2.24, 2.45) is 0 Å². The molecule has 0 saturated carbocycles. The van der Waals surface area contributed by atoms with E-state index in [2.05, 4.69) is 21.6 Å². The van der Waals surface area contributed by atoms with Crippen LogP contribution in [0.1, 0.15) is 12.5 Å². The van der Waals surface area contributed by atoms with Gasteiger partial charge in [-0.05, 0) is 30.2 Å². The van der Waals surface area contributed by atoms with E-state index in [0.717, 1.165) is 55.3 Å². The second-order valence-corrected chi connectivity index (χ2v) is 7.42. The number of piperazine rings is 1. The van der Waals surface area contributed by atoms with Gasteiger partial charge in [0.1, 0.15) is 5.75 Å². The maximum Gasteiger partial charge on any atom is 0.275 e. The minimum atomic E-state index is -0.208. The Labute approximate surface area is 178 Å². The van der Waals surface area contributed by atoms with Gasteiger partial charge < -0.3 is 25.2 Å². The van der Waals surface area contributed by atoms with Crippen LogP contribution in [-0.2, 0) is 16.0 Å². The number of amides is 2. The number of carbonyl (C=O) groups is 2. The van der Waals surface area contributed by atoms with Gasteiger partial charge in [-0.1, -0.05) is 37.3 Å². The molecule has 1 aliphatic heterocycles. The third-order valence-electron chi connectivity index (χ3n) is 5.43. The molecule has 0 spiro atoms. The Morgan fingerprint density at radius 3 is 2.47 bits per heavy atom. The first kappa shape index (κ1) is 21.6. The quantitative estimate of drug-likeness (QED) is 0.598. The van der Waals surface area contributed by atoms with E-state index in [-0.39, 0.29) is 18.4 Å². The minimum absolute atomic E-state index is 0.0164. The predicted molar refractivity (Wildman–Crippen MR) is 118 cm³/mol. The van der Waals surface area contributed by atoms with Crippen LogP contribution in [0.4, 0.5) is 11.4 Å². The fourth-order valence-electron chi connectivity index (χ4n) is 3.75. The van der Waals surface area contributed by atoms with Gasteiger partial charge in [-0.3, -0.25) is 9.59 Å². The van der Waals surface area contributed by atoms with Crippen LogP contribution in [0.2, 0.25) is 0 Å². The van der Waals surface area contributed by atoms with Gasteiger partial charge in [-0.2, -0.15) is 0 Å². The van der Waals surface area contributed by atoms with Crippen LogP contribution in [0.3, 0.4) is 0 Å². The highest BCUT2D eigenvalue weighted by molar-refractivity contribution is 5.95. The van der Waals surface area contributed by atoms with Crippen LogP contribution in [-0.4, -0.2) is 58.2 Å². The Morgan fingerprint density at radius 1 is 1.03 bits per heavy atom. The summed E-state index contributed by atoms with van der Waals surface area (Å²) >= 11 is 0. The highest BCUT2D eigenvalue weighted by atomic mass is 16.5. The lowest BCUT2D eigenvalue weighted by molar-refractivity contribution is -0.892. The Bertz CT molecular complexity index is 863. The molecule has 7 heteroatoms. The zero-order valence-corrected chi connectivity index (χ0v) is 17.7. The number of para-hydroxylation sites is 3. The average Bonchev–Trinajstić information content (AvgIpc) is 2.78. The molecule has 2 aromatic carbocycles. The van der Waals surface area contributed by atoms with Crippen molar-refractivity contribution in [3.8, 4) is 5.75 Å². The van der Waals surface area contributed by atoms with Gasteiger partial charge >= 0.3 is 0 Å². The van der Waals surface area contributed by atoms with E-state index in [1.807, 2.05) is 49.4 Å². The first-order chi connectivity index (χ1) is 14.6. The predicted octanol–water partition coefficient (Wildman–Crippen LogP) is 0.717. The van der Waals surface area contributed by atoms with Crippen LogP contribution in [0.15, 0.2) is 48.5 Å². The van der Waals surface area contributed by atoms with E-state index < -0.39 is 0 Å². The lowest BCUT2D eigenvalue weighted by Gasteiger charge is -2.34. The van der Waals surface area contributed by atoms with E-state index >= 15 is 0 Å². The average molecular weight is 412 g/mol. The first-order valence-corrected chi connectivity index (χ1v) is 10.5. The SMILES string of the molecule is CCc1ccccc1NC(=O)CNC(=O)C[NH+]1CCN(c2ccccc2OC)CC1. The number of carbonyl (C=O) groups excluding carboxylic acids is 2. The summed E-state index contributed by atoms with van der Waals surface area (Å²) in [7, 11) is 1.68. The van der Waals surface area contributed by atoms with Gasteiger partial charge in [0.2, 0.25) is 5.91 Å². The fraction of sp³-hybridized carbons (Fsp3) is 0.391. The summed E-state index contributed by atoms with van der Waals surface area (Å²) in [5.74, 6) is 0.560. The molecule has 0 bridgehead atoms. The smallest absolute Gasteiger partial charge is 0.275 e. The molecule has 3 N–H and O–H groups in total. The fourth-order valence-corrected chi connectivity index (χ4v) is 3.75. The maximum absolute atomic E-state index is 12.3. The molecule has 1 saturated heterocycles. The number of ether oxygens (including phenoxy) is 1. The first-order valence-electron chi connectivity index (χ1n) is 10.5. The number of rotatable bonds is 8. The second-order valence-electron chi connectivity index (χ2n) is 7.42. The van der Waals surface area contributed by atoms with Crippen molar-refractivity contribution in [3.63, 3.8) is 0 Å². The largest absolute Gasteiger partial charge is 0.495 e. The maximum atomic E-state index is 12.3. The number of anilines is 2. The number of hydrogen-bond donors (Lipinski definition) is 3. The second kappa shape index (κ2) is 10.6. The Morgan fingerprint density at radius 2 is 1.73 bits per heavy atom. The van der Waals surface area contributed by atoms with Crippen molar-refractivity contribution in [3.05, 3.63) is 54.1 Å². The van der Waals surface area contributed by atoms with Crippen LogP contribution in [0.5, 0.6) is 5.75 Å². The van der Waals surface area contributed by atoms with Gasteiger partial charge in [-0.25, -0.2) is 0 Å². The topological polar surface area (TPSA) is 75.1 Å². The lowest BCUT2D eigenvalue weighted by atomic mass is 10.1. The molecule has 160 valence electrons. The molecule has 0 aliphatic carbocycles. The van der Waals surface area contributed by atoms with E-state index in [0.29, 0.717) is 6.54 Å². The summed E-state index contributed by atoms with van der Waals surface area (Å²) in [6, 6.07) is 15.7. The van der Waals surface area contributed by atoms with Crippen molar-refractivity contribution in [1.29, 1.82) is 0 Å². The molecule has 7 nitrogen and oxygen atoms in total. The highest BCUT2D eigenvalue weighted by Crippen LogP contribution is 2.27. The number of quaternary nitrogens is 1. The summed E-state index contributed by atoms with van der Waals surface area (Å²) in [5, 5.41) is 5.62. The number of nitrogens with one attached hydrogen (secondary N) is 3. The van der Waals surface area contributed by atoms with Crippen molar-refractivity contribution in [1.82, 2.24) is 5.32 Å². The van der Waals surface area contributed by atoms with E-state index in [4.69, 9.17) is 4.74 Å². The van der Waals surface area contributed by atoms with Crippen molar-refractivity contribution in [2.75, 3.05) is 56.6 Å². The molecule has 1 heterocycles. The van der Waals surface area contributed by atoms with Crippen LogP contribution in [0, 0.1) is 0 Å². The number of nitrogens with zero attached hydrogens (tertiary/aromatic N) is 1. The summed E-state index contributed by atoms with van der Waals surface area (Å²) in [5.41, 5.74) is 2.97. The monoisotopic (exact) mass is 411 g/mol. The van der Waals surface area contributed by atoms with Gasteiger partial charge in [-0.15, -0.1) is 0 Å². The van der Waals surface area contributed by atoms with Gasteiger partial charge in [0, 0.05) is 5.69 Å². The number of methoxy groups -OCH3 is 1. The molecular weight excluding hydrogens is 380 g/mol. The van der Waals surface area contributed by atoms with Crippen LogP contribution >= 0.6 is 0 Å². The third-order valence-corrected chi connectivity index (χ3v) is 5.43. The van der Waals surface area contributed by atoms with Crippen molar-refractivity contribution >= 4 is 23.2 Å². The molecule has 30 heavy (non-hydrogen) atoms. The number of benzene rings is 2. The van der Waals surface area contributed by atoms with Gasteiger partial charge in [0.15, 0.2) is 6.54 Å². The Kier molecular flexibility index (Phi) is 7.68. The Hall–Kier alpha value is -3.06. The van der Waals surface area contributed by atoms with E-state index in [1.165, 1.54) is 4.90 Å². The Balaban J connectivity index is 1.41. The zero-order valence-electron chi connectivity index (χ0n) is 17.7. The van der Waals surface area contributed by atoms with Crippen molar-refractivity contribution in [2.45, 2.75) is 13.3 Å². The van der Waals surface area contributed by atoms with Gasteiger partial charge in [0.25, 0.3) is 5.91 Å². The summed E-state index contributed by atoms with van der Waals surface area (Å²) in [6.45, 7) is 5.84. The highest BCUT2D eigenvalue weighted by Gasteiger charge is 2.24. The summed E-state index contributed by atoms with van der Waals surface area (Å²) < 4.78 is 5.45. The standard InChI is InChI=1S/C23H30N4O3/c1-3-18-8-4-5-9-19(18)25-22(28)16-24-23(29)17-26-12-14-27(15-13-26)20-10-6-7-11-21(20)30-2/h4-11H,3,12-17H2,1-2H3,(H,24,29)(H,25,28)/p+1. The number of hydrogen-bond acceptors (Lipinski definition) is 4. The van der Waals surface area contributed by atoms with Gasteiger partial charge in [0.05, 0.1) is 45.5 Å². The molecular formula is C23H31N4O3+. The van der Waals surface area contributed by atoms with Crippen LogP contribution < -0.4 is 25.2 Å². The summed E-state index contributed by atoms with van der Waals surface area (Å²) in [6.07, 6.45) is 0.840. The lowest BCUT2D eigenvalue weighted by Crippen LogP contribution is -3.16. The third kappa shape index (κ3) is 5.73. The van der Waals surface area contributed by atoms with Crippen LogP contribution in [0.25, 0.3) is 0 Å².